The Bertz CT molecular complexity index is 618. The fourth-order valence-corrected chi connectivity index (χ4v) is 3.84. The zero-order valence-electron chi connectivity index (χ0n) is 13.5. The highest BCUT2D eigenvalue weighted by Crippen LogP contribution is 2.31. The molecule has 1 aromatic heterocycles. The molecule has 0 radical (unpaired) electrons. The first-order valence-corrected chi connectivity index (χ1v) is 8.55. The molecule has 0 amide bonds. The van der Waals surface area contributed by atoms with E-state index in [1.807, 2.05) is 54.0 Å². The predicted molar refractivity (Wildman–Crippen MR) is 90.2 cm³/mol. The Morgan fingerprint density at radius 1 is 1.14 bits per heavy atom. The summed E-state index contributed by atoms with van der Waals surface area (Å²) < 4.78 is 10.4. The largest absolute Gasteiger partial charge is 0.490 e. The fourth-order valence-electron chi connectivity index (χ4n) is 2.75. The minimum absolute atomic E-state index is 0.329. The van der Waals surface area contributed by atoms with Crippen LogP contribution in [0.15, 0.2) is 35.2 Å². The number of hydrogen-bond donors (Lipinski definition) is 0. The highest BCUT2D eigenvalue weighted by atomic mass is 32.2. The number of rotatable bonds is 4. The lowest BCUT2D eigenvalue weighted by Crippen LogP contribution is -2.34. The summed E-state index contributed by atoms with van der Waals surface area (Å²) in [5, 5.41) is 4.49. The molecule has 0 unspecified atom stereocenters. The van der Waals surface area contributed by atoms with Crippen molar-refractivity contribution in [3.63, 3.8) is 0 Å². The Hall–Kier alpha value is -1.46. The van der Waals surface area contributed by atoms with E-state index in [1.165, 1.54) is 10.6 Å². The van der Waals surface area contributed by atoms with Gasteiger partial charge < -0.3 is 4.74 Å². The first kappa shape index (κ1) is 15.4. The van der Waals surface area contributed by atoms with E-state index in [0.29, 0.717) is 6.10 Å². The van der Waals surface area contributed by atoms with Gasteiger partial charge in [0.15, 0.2) is 0 Å². The summed E-state index contributed by atoms with van der Waals surface area (Å²) in [6, 6.07) is 10.1. The molecule has 2 aromatic rings. The molecule has 1 fully saturated rings. The Labute approximate surface area is 136 Å². The van der Waals surface area contributed by atoms with Crippen LogP contribution in [0.5, 0.6) is 5.75 Å². The molecule has 22 heavy (non-hydrogen) atoms. The summed E-state index contributed by atoms with van der Waals surface area (Å²) in [5.41, 5.74) is 2.36. The van der Waals surface area contributed by atoms with E-state index in [9.17, 15) is 0 Å². The van der Waals surface area contributed by atoms with Gasteiger partial charge in [-0.15, -0.1) is 0 Å². The Kier molecular flexibility index (Phi) is 4.74. The fraction of sp³-hybridized carbons (Fsp3) is 0.471. The Morgan fingerprint density at radius 2 is 1.82 bits per heavy atom. The average molecular weight is 317 g/mol. The smallest absolute Gasteiger partial charge is 0.119 e. The molecule has 3 rings (SSSR count). The number of piperidine rings is 1. The van der Waals surface area contributed by atoms with Crippen molar-refractivity contribution in [3.8, 4) is 5.75 Å². The van der Waals surface area contributed by atoms with Crippen LogP contribution in [0.25, 0.3) is 0 Å². The van der Waals surface area contributed by atoms with E-state index in [-0.39, 0.29) is 0 Å². The van der Waals surface area contributed by atoms with Crippen LogP contribution < -0.4 is 4.74 Å². The number of para-hydroxylation sites is 1. The van der Waals surface area contributed by atoms with Crippen molar-refractivity contribution in [2.75, 3.05) is 13.1 Å². The van der Waals surface area contributed by atoms with Gasteiger partial charge in [0, 0.05) is 20.1 Å². The quantitative estimate of drug-likeness (QED) is 0.806. The van der Waals surface area contributed by atoms with Crippen LogP contribution in [0.4, 0.5) is 0 Å². The van der Waals surface area contributed by atoms with Crippen LogP contribution in [-0.4, -0.2) is 33.3 Å². The van der Waals surface area contributed by atoms with E-state index in [0.717, 1.165) is 37.4 Å². The highest BCUT2D eigenvalue weighted by molar-refractivity contribution is 7.97. The first-order chi connectivity index (χ1) is 10.6. The van der Waals surface area contributed by atoms with Crippen molar-refractivity contribution >= 4 is 11.9 Å². The van der Waals surface area contributed by atoms with Crippen molar-refractivity contribution in [1.82, 2.24) is 14.1 Å². The van der Waals surface area contributed by atoms with Gasteiger partial charge >= 0.3 is 0 Å². The van der Waals surface area contributed by atoms with Crippen LogP contribution in [0, 0.1) is 13.8 Å². The molecular formula is C17H23N3OS. The zero-order valence-corrected chi connectivity index (χ0v) is 14.3. The van der Waals surface area contributed by atoms with Gasteiger partial charge in [-0.25, -0.2) is 4.31 Å². The molecule has 2 heterocycles. The lowest BCUT2D eigenvalue weighted by atomic mass is 10.1. The van der Waals surface area contributed by atoms with Gasteiger partial charge in [0.05, 0.1) is 16.3 Å². The summed E-state index contributed by atoms with van der Waals surface area (Å²) in [7, 11) is 2.01. The molecule has 0 spiro atoms. The molecule has 1 saturated heterocycles. The monoisotopic (exact) mass is 317 g/mol. The normalized spacial score (nSPS) is 16.9. The van der Waals surface area contributed by atoms with E-state index >= 15 is 0 Å². The maximum atomic E-state index is 6.05. The minimum Gasteiger partial charge on any atom is -0.490 e. The van der Waals surface area contributed by atoms with Gasteiger partial charge in [-0.1, -0.05) is 18.2 Å². The maximum absolute atomic E-state index is 6.05. The van der Waals surface area contributed by atoms with Crippen molar-refractivity contribution in [3.05, 3.63) is 41.7 Å². The summed E-state index contributed by atoms with van der Waals surface area (Å²) >= 11 is 1.84. The molecule has 1 aliphatic heterocycles. The first-order valence-electron chi connectivity index (χ1n) is 7.78. The van der Waals surface area contributed by atoms with Crippen LogP contribution in [0.1, 0.15) is 24.2 Å². The minimum atomic E-state index is 0.329. The summed E-state index contributed by atoms with van der Waals surface area (Å²) in [6.45, 7) is 6.32. The molecule has 1 aliphatic rings. The lowest BCUT2D eigenvalue weighted by Gasteiger charge is -2.31. The summed E-state index contributed by atoms with van der Waals surface area (Å²) in [4.78, 5) is 1.30. The molecule has 0 saturated carbocycles. The van der Waals surface area contributed by atoms with Crippen molar-refractivity contribution < 1.29 is 4.74 Å². The molecule has 4 nitrogen and oxygen atoms in total. The third-order valence-corrected chi connectivity index (χ3v) is 5.51. The van der Waals surface area contributed by atoms with Gasteiger partial charge in [-0.2, -0.15) is 5.10 Å². The van der Waals surface area contributed by atoms with Gasteiger partial charge in [0.25, 0.3) is 0 Å². The maximum Gasteiger partial charge on any atom is 0.119 e. The third-order valence-electron chi connectivity index (χ3n) is 4.11. The van der Waals surface area contributed by atoms with Gasteiger partial charge in [-0.3, -0.25) is 4.68 Å². The number of benzene rings is 1. The molecular weight excluding hydrogens is 294 g/mol. The van der Waals surface area contributed by atoms with Crippen LogP contribution in [-0.2, 0) is 7.05 Å². The molecule has 0 N–H and O–H groups in total. The molecule has 5 heteroatoms. The SMILES string of the molecule is Cc1nn(C)c(C)c1SN1CCC(Oc2ccccc2)CC1. The zero-order chi connectivity index (χ0) is 15.5. The third kappa shape index (κ3) is 3.47. The van der Waals surface area contributed by atoms with E-state index in [2.05, 4.69) is 23.3 Å². The molecule has 118 valence electrons. The summed E-state index contributed by atoms with van der Waals surface area (Å²) in [6.07, 6.45) is 2.47. The van der Waals surface area contributed by atoms with Crippen LogP contribution in [0.3, 0.4) is 0 Å². The number of aromatic nitrogens is 2. The lowest BCUT2D eigenvalue weighted by molar-refractivity contribution is 0.139. The number of hydrogen-bond acceptors (Lipinski definition) is 4. The van der Waals surface area contributed by atoms with Gasteiger partial charge in [-0.05, 0) is 50.8 Å². The average Bonchev–Trinajstić information content (AvgIpc) is 2.77. The number of nitrogens with zero attached hydrogens (tertiary/aromatic N) is 3. The number of ether oxygens (including phenoxy) is 1. The second-order valence-electron chi connectivity index (χ2n) is 5.77. The standard InChI is InChI=1S/C17H23N3OS/c1-13-17(14(2)19(3)18-13)22-20-11-9-16(10-12-20)21-15-7-5-4-6-8-15/h4-8,16H,9-12H2,1-3H3. The van der Waals surface area contributed by atoms with E-state index < -0.39 is 0 Å². The Balaban J connectivity index is 1.53. The van der Waals surface area contributed by atoms with Crippen LogP contribution in [0.2, 0.25) is 0 Å². The second kappa shape index (κ2) is 6.75. The predicted octanol–water partition coefficient (Wildman–Crippen LogP) is 3.59. The molecule has 0 bridgehead atoms. The molecule has 0 aliphatic carbocycles. The highest BCUT2D eigenvalue weighted by Gasteiger charge is 2.23. The topological polar surface area (TPSA) is 30.3 Å². The van der Waals surface area contributed by atoms with Crippen molar-refractivity contribution in [2.24, 2.45) is 7.05 Å². The van der Waals surface area contributed by atoms with Crippen LogP contribution >= 0.6 is 11.9 Å². The van der Waals surface area contributed by atoms with E-state index in [4.69, 9.17) is 4.74 Å². The van der Waals surface area contributed by atoms with E-state index in [1.54, 1.807) is 0 Å². The van der Waals surface area contributed by atoms with Crippen molar-refractivity contribution in [1.29, 1.82) is 0 Å². The molecule has 0 atom stereocenters. The Morgan fingerprint density at radius 3 is 2.41 bits per heavy atom. The number of aryl methyl sites for hydroxylation is 2. The van der Waals surface area contributed by atoms with Crippen molar-refractivity contribution in [2.45, 2.75) is 37.7 Å². The molecule has 1 aromatic carbocycles. The summed E-state index contributed by atoms with van der Waals surface area (Å²) in [5.74, 6) is 0.979. The second-order valence-corrected chi connectivity index (χ2v) is 6.88. The van der Waals surface area contributed by atoms with Gasteiger partial charge in [0.1, 0.15) is 11.9 Å². The van der Waals surface area contributed by atoms with Gasteiger partial charge in [0.2, 0.25) is 0 Å².